The molecule has 0 aromatic heterocycles. The Bertz CT molecular complexity index is 1110. The molecule has 0 unspecified atom stereocenters. The van der Waals surface area contributed by atoms with Crippen LogP contribution in [0.3, 0.4) is 0 Å². The molecule has 1 aliphatic heterocycles. The van der Waals surface area contributed by atoms with Gasteiger partial charge in [0, 0.05) is 18.9 Å². The van der Waals surface area contributed by atoms with Crippen molar-refractivity contribution in [2.24, 2.45) is 0 Å². The van der Waals surface area contributed by atoms with Crippen LogP contribution < -0.4 is 29.7 Å². The van der Waals surface area contributed by atoms with Crippen LogP contribution in [0.1, 0.15) is 36.9 Å². The maximum Gasteiger partial charge on any atom is 0.220 e. The minimum Gasteiger partial charge on any atom is -0.493 e. The maximum atomic E-state index is 13.2. The molecule has 176 valence electrons. The molecule has 2 aliphatic rings. The molecule has 1 fully saturated rings. The summed E-state index contributed by atoms with van der Waals surface area (Å²) in [6.07, 6.45) is 1.83. The van der Waals surface area contributed by atoms with E-state index in [9.17, 15) is 9.59 Å². The van der Waals surface area contributed by atoms with E-state index in [1.807, 2.05) is 12.1 Å². The van der Waals surface area contributed by atoms with Gasteiger partial charge in [-0.05, 0) is 47.7 Å². The van der Waals surface area contributed by atoms with Crippen LogP contribution in [0.15, 0.2) is 29.1 Å². The first-order valence-corrected chi connectivity index (χ1v) is 11.0. The number of fused-ring (bicyclic) bond motifs is 3. The van der Waals surface area contributed by atoms with Gasteiger partial charge in [0.1, 0.15) is 6.10 Å². The summed E-state index contributed by atoms with van der Waals surface area (Å²) in [5.74, 6) is 1.62. The Balaban J connectivity index is 1.96. The number of methoxy groups -OCH3 is 3. The summed E-state index contributed by atoms with van der Waals surface area (Å²) in [5, 5.41) is 3.00. The Kier molecular flexibility index (Phi) is 6.74. The zero-order chi connectivity index (χ0) is 23.5. The van der Waals surface area contributed by atoms with E-state index in [0.717, 1.165) is 23.1 Å². The van der Waals surface area contributed by atoms with Gasteiger partial charge in [-0.1, -0.05) is 6.07 Å². The van der Waals surface area contributed by atoms with Crippen LogP contribution in [0.5, 0.6) is 23.0 Å². The first-order valence-electron chi connectivity index (χ1n) is 11.0. The summed E-state index contributed by atoms with van der Waals surface area (Å²) in [4.78, 5) is 25.2. The third-order valence-corrected chi connectivity index (χ3v) is 6.06. The number of hydrogen-bond donors (Lipinski definition) is 1. The largest absolute Gasteiger partial charge is 0.493 e. The summed E-state index contributed by atoms with van der Waals surface area (Å²) < 4.78 is 28.3. The van der Waals surface area contributed by atoms with E-state index in [2.05, 4.69) is 5.32 Å². The van der Waals surface area contributed by atoms with Crippen molar-refractivity contribution in [3.05, 3.63) is 45.6 Å². The zero-order valence-electron chi connectivity index (χ0n) is 19.4. The Morgan fingerprint density at radius 1 is 1.03 bits per heavy atom. The molecule has 0 bridgehead atoms. The van der Waals surface area contributed by atoms with E-state index >= 15 is 0 Å². The number of aryl methyl sites for hydroxylation is 1. The van der Waals surface area contributed by atoms with Crippen molar-refractivity contribution in [2.75, 3.05) is 34.5 Å². The van der Waals surface area contributed by atoms with Crippen molar-refractivity contribution in [1.29, 1.82) is 0 Å². The molecule has 0 saturated carbocycles. The molecule has 0 radical (unpaired) electrons. The van der Waals surface area contributed by atoms with Gasteiger partial charge in [0.05, 0.1) is 40.6 Å². The number of nitrogens with one attached hydrogen (secondary N) is 1. The SMILES string of the molecule is COc1cc2c(c(OC)c1OC)-c1ccc(O[C@@H]3CCOC3)c(=O)cc1[C@@H](NC(C)=O)CC2. The van der Waals surface area contributed by atoms with Crippen LogP contribution in [0, 0.1) is 0 Å². The summed E-state index contributed by atoms with van der Waals surface area (Å²) in [6.45, 7) is 2.55. The Hall–Kier alpha value is -3.26. The van der Waals surface area contributed by atoms with Crippen molar-refractivity contribution >= 4 is 5.91 Å². The maximum absolute atomic E-state index is 13.2. The van der Waals surface area contributed by atoms with E-state index in [1.54, 1.807) is 33.5 Å². The standard InChI is InChI=1S/C25H29NO7/c1-14(27)26-19-7-5-15-11-22(29-2)24(30-3)25(31-4)23(15)17-6-8-21(20(28)12-18(17)19)33-16-9-10-32-13-16/h6,8,11-12,16,19H,5,7,9-10,13H2,1-4H3,(H,26,27)/t16-,19+/m1/s1. The van der Waals surface area contributed by atoms with E-state index in [4.69, 9.17) is 23.7 Å². The van der Waals surface area contributed by atoms with Gasteiger partial charge in [0.2, 0.25) is 17.1 Å². The number of amides is 1. The van der Waals surface area contributed by atoms with E-state index < -0.39 is 0 Å². The molecule has 1 aliphatic carbocycles. The van der Waals surface area contributed by atoms with Crippen LogP contribution in [0.25, 0.3) is 11.1 Å². The normalized spacial score (nSPS) is 19.0. The van der Waals surface area contributed by atoms with Gasteiger partial charge in [-0.25, -0.2) is 0 Å². The van der Waals surface area contributed by atoms with E-state index in [-0.39, 0.29) is 29.2 Å². The number of ether oxygens (including phenoxy) is 5. The highest BCUT2D eigenvalue weighted by Gasteiger charge is 2.29. The molecule has 2 atom stereocenters. The van der Waals surface area contributed by atoms with Crippen LogP contribution >= 0.6 is 0 Å². The molecule has 4 rings (SSSR count). The van der Waals surface area contributed by atoms with Crippen molar-refractivity contribution in [3.8, 4) is 34.1 Å². The van der Waals surface area contributed by atoms with Crippen LogP contribution in [0.4, 0.5) is 0 Å². The lowest BCUT2D eigenvalue weighted by Crippen LogP contribution is -2.26. The van der Waals surface area contributed by atoms with Crippen molar-refractivity contribution < 1.29 is 28.5 Å². The second-order valence-corrected chi connectivity index (χ2v) is 8.15. The molecule has 1 saturated heterocycles. The fourth-order valence-electron chi connectivity index (χ4n) is 4.58. The fourth-order valence-corrected chi connectivity index (χ4v) is 4.58. The van der Waals surface area contributed by atoms with Gasteiger partial charge < -0.3 is 29.0 Å². The lowest BCUT2D eigenvalue weighted by atomic mass is 9.95. The number of hydrogen-bond acceptors (Lipinski definition) is 7. The number of carbonyl (C=O) groups is 1. The highest BCUT2D eigenvalue weighted by Crippen LogP contribution is 2.50. The first kappa shape index (κ1) is 22.9. The van der Waals surface area contributed by atoms with Gasteiger partial charge in [-0.15, -0.1) is 0 Å². The molecule has 2 aromatic rings. The summed E-state index contributed by atoms with van der Waals surface area (Å²) in [5.41, 5.74) is 3.01. The Morgan fingerprint density at radius 3 is 2.45 bits per heavy atom. The smallest absolute Gasteiger partial charge is 0.220 e. The van der Waals surface area contributed by atoms with Gasteiger partial charge in [-0.3, -0.25) is 9.59 Å². The predicted octanol–water partition coefficient (Wildman–Crippen LogP) is 3.03. The van der Waals surface area contributed by atoms with Gasteiger partial charge in [0.15, 0.2) is 17.2 Å². The average molecular weight is 456 g/mol. The number of rotatable bonds is 6. The first-order chi connectivity index (χ1) is 16.0. The topological polar surface area (TPSA) is 92.3 Å². The molecule has 0 spiro atoms. The molecular weight excluding hydrogens is 426 g/mol. The number of benzene rings is 1. The highest BCUT2D eigenvalue weighted by molar-refractivity contribution is 5.83. The minimum absolute atomic E-state index is 0.155. The third kappa shape index (κ3) is 4.48. The lowest BCUT2D eigenvalue weighted by molar-refractivity contribution is -0.119. The average Bonchev–Trinajstić information content (AvgIpc) is 3.21. The monoisotopic (exact) mass is 455 g/mol. The number of carbonyl (C=O) groups excluding carboxylic acids is 1. The lowest BCUT2D eigenvalue weighted by Gasteiger charge is -2.19. The van der Waals surface area contributed by atoms with E-state index in [1.165, 1.54) is 6.92 Å². The highest BCUT2D eigenvalue weighted by atomic mass is 16.5. The molecular formula is C25H29NO7. The molecule has 1 N–H and O–H groups in total. The molecule has 8 nitrogen and oxygen atoms in total. The quantitative estimate of drug-likeness (QED) is 0.716. The van der Waals surface area contributed by atoms with E-state index in [0.29, 0.717) is 48.9 Å². The van der Waals surface area contributed by atoms with Crippen LogP contribution in [-0.4, -0.2) is 46.6 Å². The predicted molar refractivity (Wildman–Crippen MR) is 123 cm³/mol. The minimum atomic E-state index is -0.352. The van der Waals surface area contributed by atoms with Gasteiger partial charge in [-0.2, -0.15) is 0 Å². The molecule has 2 aromatic carbocycles. The van der Waals surface area contributed by atoms with Crippen LogP contribution in [-0.2, 0) is 16.0 Å². The van der Waals surface area contributed by atoms with Gasteiger partial charge >= 0.3 is 0 Å². The molecule has 33 heavy (non-hydrogen) atoms. The third-order valence-electron chi connectivity index (χ3n) is 6.06. The summed E-state index contributed by atoms with van der Waals surface area (Å²) in [7, 11) is 4.71. The fraction of sp³-hybridized carbons (Fsp3) is 0.440. The van der Waals surface area contributed by atoms with Crippen molar-refractivity contribution in [1.82, 2.24) is 5.32 Å². The van der Waals surface area contributed by atoms with Crippen molar-refractivity contribution in [2.45, 2.75) is 38.3 Å². The second kappa shape index (κ2) is 9.70. The second-order valence-electron chi connectivity index (χ2n) is 8.15. The summed E-state index contributed by atoms with van der Waals surface area (Å²) >= 11 is 0. The van der Waals surface area contributed by atoms with Gasteiger partial charge in [0.25, 0.3) is 0 Å². The molecule has 1 amide bonds. The van der Waals surface area contributed by atoms with Crippen LogP contribution in [0.2, 0.25) is 0 Å². The Labute approximate surface area is 192 Å². The van der Waals surface area contributed by atoms with Crippen molar-refractivity contribution in [3.63, 3.8) is 0 Å². The summed E-state index contributed by atoms with van der Waals surface area (Å²) in [6, 6.07) is 6.68. The Morgan fingerprint density at radius 2 is 1.82 bits per heavy atom. The molecule has 8 heteroatoms. The zero-order valence-corrected chi connectivity index (χ0v) is 19.4. The molecule has 1 heterocycles.